The second kappa shape index (κ2) is 6.57. The fourth-order valence-electron chi connectivity index (χ4n) is 1.68. The van der Waals surface area contributed by atoms with Gasteiger partial charge in [-0.1, -0.05) is 29.8 Å². The van der Waals surface area contributed by atoms with Crippen LogP contribution in [0.2, 0.25) is 10.0 Å². The third-order valence-corrected chi connectivity index (χ3v) is 3.16. The molecule has 2 aromatic rings. The van der Waals surface area contributed by atoms with Crippen LogP contribution in [0, 0.1) is 0 Å². The lowest BCUT2D eigenvalue weighted by atomic mass is 10.0. The van der Waals surface area contributed by atoms with Gasteiger partial charge in [0.05, 0.1) is 5.56 Å². The van der Waals surface area contributed by atoms with Crippen molar-refractivity contribution in [1.82, 2.24) is 0 Å². The molecule has 106 valence electrons. The molecule has 0 radical (unpaired) electrons. The van der Waals surface area contributed by atoms with Gasteiger partial charge in [0.1, 0.15) is 5.75 Å². The predicted molar refractivity (Wildman–Crippen MR) is 82.2 cm³/mol. The van der Waals surface area contributed by atoms with Crippen LogP contribution in [-0.2, 0) is 4.79 Å². The first kappa shape index (κ1) is 15.3. The molecular formula is C16H10Cl2O3. The average molecular weight is 321 g/mol. The fraction of sp³-hybridized carbons (Fsp3) is 0. The molecule has 0 aliphatic heterocycles. The van der Waals surface area contributed by atoms with Crippen molar-refractivity contribution >= 4 is 35.0 Å². The number of ether oxygens (including phenoxy) is 1. The summed E-state index contributed by atoms with van der Waals surface area (Å²) >= 11 is 11.7. The average Bonchev–Trinajstić information content (AvgIpc) is 2.47. The molecule has 5 heteroatoms. The maximum absolute atomic E-state index is 12.5. The minimum Gasteiger partial charge on any atom is -0.423 e. The second-order valence-corrected chi connectivity index (χ2v) is 4.97. The Morgan fingerprint density at radius 3 is 2.24 bits per heavy atom. The maximum atomic E-state index is 12.5. The molecule has 0 saturated heterocycles. The van der Waals surface area contributed by atoms with Gasteiger partial charge >= 0.3 is 5.97 Å². The zero-order valence-corrected chi connectivity index (χ0v) is 12.3. The molecule has 0 spiro atoms. The Labute approximate surface area is 131 Å². The summed E-state index contributed by atoms with van der Waals surface area (Å²) in [4.78, 5) is 23.8. The molecular weight excluding hydrogens is 311 g/mol. The number of esters is 1. The van der Waals surface area contributed by atoms with E-state index in [1.165, 1.54) is 12.1 Å². The summed E-state index contributed by atoms with van der Waals surface area (Å²) in [6.45, 7) is 3.31. The molecule has 0 aliphatic carbocycles. The van der Waals surface area contributed by atoms with E-state index < -0.39 is 5.97 Å². The molecule has 0 unspecified atom stereocenters. The number of hydrogen-bond acceptors (Lipinski definition) is 3. The minimum atomic E-state index is -0.664. The monoisotopic (exact) mass is 320 g/mol. The fourth-order valence-corrected chi connectivity index (χ4v) is 1.96. The molecule has 2 rings (SSSR count). The summed E-state index contributed by atoms with van der Waals surface area (Å²) in [5, 5.41) is 0.885. The van der Waals surface area contributed by atoms with Crippen LogP contribution in [0.25, 0.3) is 0 Å². The van der Waals surface area contributed by atoms with Crippen LogP contribution in [-0.4, -0.2) is 11.8 Å². The molecule has 0 saturated carbocycles. The summed E-state index contributed by atoms with van der Waals surface area (Å²) in [6, 6.07) is 10.9. The second-order valence-electron chi connectivity index (χ2n) is 4.10. The van der Waals surface area contributed by atoms with Crippen LogP contribution in [0.4, 0.5) is 0 Å². The minimum absolute atomic E-state index is 0.0901. The Hall–Kier alpha value is -2.10. The number of halogens is 2. The molecule has 0 atom stereocenters. The quantitative estimate of drug-likeness (QED) is 0.365. The van der Waals surface area contributed by atoms with Crippen LogP contribution in [0.1, 0.15) is 15.9 Å². The smallest absolute Gasteiger partial charge is 0.335 e. The Morgan fingerprint density at radius 1 is 1.00 bits per heavy atom. The van der Waals surface area contributed by atoms with Gasteiger partial charge < -0.3 is 4.74 Å². The summed E-state index contributed by atoms with van der Waals surface area (Å²) in [5.74, 6) is -0.870. The van der Waals surface area contributed by atoms with E-state index in [1.54, 1.807) is 30.3 Å². The van der Waals surface area contributed by atoms with Gasteiger partial charge in [-0.15, -0.1) is 0 Å². The normalized spacial score (nSPS) is 10.0. The van der Waals surface area contributed by atoms with E-state index in [2.05, 4.69) is 6.58 Å². The van der Waals surface area contributed by atoms with Crippen molar-refractivity contribution in [3.8, 4) is 5.75 Å². The first-order chi connectivity index (χ1) is 10.0. The summed E-state index contributed by atoms with van der Waals surface area (Å²) in [6.07, 6.45) is 1.01. The van der Waals surface area contributed by atoms with Gasteiger partial charge in [0.15, 0.2) is 5.78 Å². The standard InChI is InChI=1S/C16H10Cl2O3/c1-2-15(19)21-14-9-12(18)7-8-13(14)16(20)10-3-5-11(17)6-4-10/h2-9H,1H2. The molecule has 0 aliphatic rings. The third kappa shape index (κ3) is 3.72. The lowest BCUT2D eigenvalue weighted by molar-refractivity contribution is -0.128. The Bertz CT molecular complexity index is 706. The molecule has 0 N–H and O–H groups in total. The highest BCUT2D eigenvalue weighted by molar-refractivity contribution is 6.31. The maximum Gasteiger partial charge on any atom is 0.335 e. The van der Waals surface area contributed by atoms with Crippen molar-refractivity contribution in [2.24, 2.45) is 0 Å². The first-order valence-corrected chi connectivity index (χ1v) is 6.71. The highest BCUT2D eigenvalue weighted by atomic mass is 35.5. The van der Waals surface area contributed by atoms with Gasteiger partial charge in [0.25, 0.3) is 0 Å². The van der Waals surface area contributed by atoms with E-state index in [0.717, 1.165) is 6.08 Å². The van der Waals surface area contributed by atoms with Crippen molar-refractivity contribution in [1.29, 1.82) is 0 Å². The Morgan fingerprint density at radius 2 is 1.62 bits per heavy atom. The zero-order valence-electron chi connectivity index (χ0n) is 10.8. The van der Waals surface area contributed by atoms with E-state index in [9.17, 15) is 9.59 Å². The summed E-state index contributed by atoms with van der Waals surface area (Å²) < 4.78 is 5.05. The lowest BCUT2D eigenvalue weighted by Gasteiger charge is -2.09. The van der Waals surface area contributed by atoms with Crippen LogP contribution in [0.3, 0.4) is 0 Å². The van der Waals surface area contributed by atoms with Gasteiger partial charge in [-0.2, -0.15) is 0 Å². The van der Waals surface area contributed by atoms with Gasteiger partial charge in [-0.3, -0.25) is 4.79 Å². The largest absolute Gasteiger partial charge is 0.423 e. The van der Waals surface area contributed by atoms with Crippen LogP contribution < -0.4 is 4.74 Å². The van der Waals surface area contributed by atoms with Gasteiger partial charge in [0, 0.05) is 27.8 Å². The van der Waals surface area contributed by atoms with E-state index in [-0.39, 0.29) is 17.1 Å². The highest BCUT2D eigenvalue weighted by Gasteiger charge is 2.16. The molecule has 0 bridgehead atoms. The lowest BCUT2D eigenvalue weighted by Crippen LogP contribution is -2.09. The molecule has 0 heterocycles. The van der Waals surface area contributed by atoms with E-state index in [4.69, 9.17) is 27.9 Å². The van der Waals surface area contributed by atoms with Crippen molar-refractivity contribution < 1.29 is 14.3 Å². The third-order valence-electron chi connectivity index (χ3n) is 2.67. The molecule has 0 amide bonds. The SMILES string of the molecule is C=CC(=O)Oc1cc(Cl)ccc1C(=O)c1ccc(Cl)cc1. The number of rotatable bonds is 4. The van der Waals surface area contributed by atoms with Crippen LogP contribution in [0.5, 0.6) is 5.75 Å². The van der Waals surface area contributed by atoms with Crippen LogP contribution in [0.15, 0.2) is 55.1 Å². The van der Waals surface area contributed by atoms with Crippen molar-refractivity contribution in [3.05, 3.63) is 76.3 Å². The molecule has 0 aromatic heterocycles. The van der Waals surface area contributed by atoms with Crippen molar-refractivity contribution in [2.75, 3.05) is 0 Å². The van der Waals surface area contributed by atoms with Crippen LogP contribution >= 0.6 is 23.2 Å². The number of ketones is 1. The first-order valence-electron chi connectivity index (χ1n) is 5.95. The Balaban J connectivity index is 2.42. The van der Waals surface area contributed by atoms with Gasteiger partial charge in [0.2, 0.25) is 0 Å². The highest BCUT2D eigenvalue weighted by Crippen LogP contribution is 2.26. The molecule has 21 heavy (non-hydrogen) atoms. The predicted octanol–water partition coefficient (Wildman–Crippen LogP) is 4.32. The molecule has 3 nitrogen and oxygen atoms in total. The number of carbonyl (C=O) groups is 2. The van der Waals surface area contributed by atoms with Crippen molar-refractivity contribution in [3.63, 3.8) is 0 Å². The van der Waals surface area contributed by atoms with Crippen molar-refractivity contribution in [2.45, 2.75) is 0 Å². The number of carbonyl (C=O) groups excluding carboxylic acids is 2. The van der Waals surface area contributed by atoms with E-state index in [1.807, 2.05) is 0 Å². The van der Waals surface area contributed by atoms with E-state index in [0.29, 0.717) is 15.6 Å². The zero-order chi connectivity index (χ0) is 15.4. The Kier molecular flexibility index (Phi) is 4.78. The molecule has 2 aromatic carbocycles. The number of benzene rings is 2. The summed E-state index contributed by atoms with van der Waals surface area (Å²) in [5.41, 5.74) is 0.662. The summed E-state index contributed by atoms with van der Waals surface area (Å²) in [7, 11) is 0. The van der Waals surface area contributed by atoms with Gasteiger partial charge in [-0.25, -0.2) is 4.79 Å². The van der Waals surface area contributed by atoms with Gasteiger partial charge in [-0.05, 0) is 36.4 Å². The number of hydrogen-bond donors (Lipinski definition) is 0. The molecule has 0 fully saturated rings. The van der Waals surface area contributed by atoms with E-state index >= 15 is 0 Å². The topological polar surface area (TPSA) is 43.4 Å².